The second-order valence-electron chi connectivity index (χ2n) is 6.70. The summed E-state index contributed by atoms with van der Waals surface area (Å²) in [5.74, 6) is -1.28. The average Bonchev–Trinajstić information content (AvgIpc) is 2.94. The zero-order valence-electron chi connectivity index (χ0n) is 14.2. The highest BCUT2D eigenvalue weighted by atomic mass is 16.6. The minimum Gasteiger partial charge on any atom is -0.482 e. The van der Waals surface area contributed by atoms with Gasteiger partial charge in [-0.25, -0.2) is 9.59 Å². The number of ether oxygens (including phenoxy) is 2. The first-order chi connectivity index (χ1) is 11.6. The lowest BCUT2D eigenvalue weighted by Gasteiger charge is -2.24. The van der Waals surface area contributed by atoms with Crippen LogP contribution in [0.1, 0.15) is 37.6 Å². The lowest BCUT2D eigenvalue weighted by atomic mass is 10.2. The number of amides is 1. The molecule has 1 atom stereocenters. The number of hydrogen-bond acceptors (Lipinski definition) is 6. The van der Waals surface area contributed by atoms with Crippen LogP contribution in [-0.2, 0) is 4.74 Å². The van der Waals surface area contributed by atoms with E-state index in [1.807, 2.05) is 0 Å². The molecule has 0 saturated carbocycles. The second kappa shape index (κ2) is 6.96. The van der Waals surface area contributed by atoms with Gasteiger partial charge in [0.25, 0.3) is 0 Å². The average molecular weight is 352 g/mol. The molecule has 0 radical (unpaired) electrons. The van der Waals surface area contributed by atoms with E-state index >= 15 is 0 Å². The van der Waals surface area contributed by atoms with Gasteiger partial charge in [0.1, 0.15) is 11.7 Å². The van der Waals surface area contributed by atoms with E-state index in [9.17, 15) is 19.7 Å². The molecule has 1 fully saturated rings. The minimum atomic E-state index is -1.26. The molecule has 9 nitrogen and oxygen atoms in total. The number of carboxylic acids is 1. The van der Waals surface area contributed by atoms with E-state index in [2.05, 4.69) is 0 Å². The molecule has 25 heavy (non-hydrogen) atoms. The molecule has 2 rings (SSSR count). The molecule has 0 bridgehead atoms. The Hall–Kier alpha value is -2.84. The van der Waals surface area contributed by atoms with Crippen molar-refractivity contribution in [1.29, 1.82) is 0 Å². The van der Waals surface area contributed by atoms with E-state index in [1.54, 1.807) is 20.8 Å². The van der Waals surface area contributed by atoms with Gasteiger partial charge in [-0.15, -0.1) is 0 Å². The smallest absolute Gasteiger partial charge is 0.410 e. The molecular weight excluding hydrogens is 332 g/mol. The summed E-state index contributed by atoms with van der Waals surface area (Å²) in [5.41, 5.74) is -1.22. The van der Waals surface area contributed by atoms with E-state index in [0.29, 0.717) is 13.0 Å². The van der Waals surface area contributed by atoms with Gasteiger partial charge < -0.3 is 19.5 Å². The van der Waals surface area contributed by atoms with Gasteiger partial charge in [-0.3, -0.25) is 10.1 Å². The number of rotatable bonds is 4. The topological polar surface area (TPSA) is 119 Å². The molecule has 1 heterocycles. The lowest BCUT2D eigenvalue weighted by Crippen LogP contribution is -2.36. The SMILES string of the molecule is CC(C)(C)OC(=O)N1CCC(Oc2ccc(C(=O)O)cc2[N+](=O)[O-])C1. The fourth-order valence-corrected chi connectivity index (χ4v) is 2.39. The van der Waals surface area contributed by atoms with E-state index in [4.69, 9.17) is 14.6 Å². The van der Waals surface area contributed by atoms with Crippen LogP contribution in [0.4, 0.5) is 10.5 Å². The molecule has 1 unspecified atom stereocenters. The third-order valence-corrected chi connectivity index (χ3v) is 3.49. The maximum Gasteiger partial charge on any atom is 0.410 e. The van der Waals surface area contributed by atoms with E-state index < -0.39 is 34.4 Å². The highest BCUT2D eigenvalue weighted by molar-refractivity contribution is 5.88. The second-order valence-corrected chi connectivity index (χ2v) is 6.70. The van der Waals surface area contributed by atoms with Crippen LogP contribution in [-0.4, -0.2) is 51.8 Å². The van der Waals surface area contributed by atoms with Crippen molar-refractivity contribution in [1.82, 2.24) is 4.90 Å². The summed E-state index contributed by atoms with van der Waals surface area (Å²) in [6.07, 6.45) is -0.395. The van der Waals surface area contributed by atoms with Crippen LogP contribution < -0.4 is 4.74 Å². The first kappa shape index (κ1) is 18.5. The van der Waals surface area contributed by atoms with Crippen molar-refractivity contribution >= 4 is 17.7 Å². The van der Waals surface area contributed by atoms with E-state index in [1.165, 1.54) is 17.0 Å². The Morgan fingerprint density at radius 3 is 2.60 bits per heavy atom. The summed E-state index contributed by atoms with van der Waals surface area (Å²) in [5, 5.41) is 20.1. The van der Waals surface area contributed by atoms with E-state index in [0.717, 1.165) is 6.07 Å². The molecule has 1 aromatic rings. The van der Waals surface area contributed by atoms with Crippen molar-refractivity contribution in [3.63, 3.8) is 0 Å². The van der Waals surface area contributed by atoms with Gasteiger partial charge >= 0.3 is 17.7 Å². The molecule has 0 aromatic heterocycles. The summed E-state index contributed by atoms with van der Waals surface area (Å²) in [4.78, 5) is 34.9. The van der Waals surface area contributed by atoms with Gasteiger partial charge in [0.2, 0.25) is 0 Å². The number of aromatic carboxylic acids is 1. The van der Waals surface area contributed by atoms with Crippen molar-refractivity contribution in [2.75, 3.05) is 13.1 Å². The maximum atomic E-state index is 12.0. The van der Waals surface area contributed by atoms with Crippen LogP contribution in [0.15, 0.2) is 18.2 Å². The Morgan fingerprint density at radius 1 is 1.36 bits per heavy atom. The molecule has 0 spiro atoms. The highest BCUT2D eigenvalue weighted by Gasteiger charge is 2.32. The summed E-state index contributed by atoms with van der Waals surface area (Å²) < 4.78 is 10.9. The normalized spacial score (nSPS) is 17.2. The third-order valence-electron chi connectivity index (χ3n) is 3.49. The Morgan fingerprint density at radius 2 is 2.04 bits per heavy atom. The van der Waals surface area contributed by atoms with Gasteiger partial charge in [-0.1, -0.05) is 0 Å². The van der Waals surface area contributed by atoms with Gasteiger partial charge in [0.05, 0.1) is 17.0 Å². The predicted octanol–water partition coefficient (Wildman–Crippen LogP) is 2.68. The summed E-state index contributed by atoms with van der Waals surface area (Å²) in [6, 6.07) is 3.46. The lowest BCUT2D eigenvalue weighted by molar-refractivity contribution is -0.386. The van der Waals surface area contributed by atoms with Crippen molar-refractivity contribution in [2.24, 2.45) is 0 Å². The molecule has 0 aliphatic carbocycles. The maximum absolute atomic E-state index is 12.0. The Labute approximate surface area is 144 Å². The van der Waals surface area contributed by atoms with Crippen molar-refractivity contribution in [3.05, 3.63) is 33.9 Å². The van der Waals surface area contributed by atoms with Crippen LogP contribution in [0.25, 0.3) is 0 Å². The molecule has 1 N–H and O–H groups in total. The Bertz CT molecular complexity index is 696. The fraction of sp³-hybridized carbons (Fsp3) is 0.500. The number of likely N-dealkylation sites (tertiary alicyclic amines) is 1. The molecule has 1 amide bonds. The zero-order valence-corrected chi connectivity index (χ0v) is 14.2. The summed E-state index contributed by atoms with van der Waals surface area (Å²) in [6.45, 7) is 5.96. The Kier molecular flexibility index (Phi) is 5.15. The van der Waals surface area contributed by atoms with Gasteiger partial charge in [-0.2, -0.15) is 0 Å². The van der Waals surface area contributed by atoms with Gasteiger partial charge in [0, 0.05) is 19.0 Å². The number of hydrogen-bond donors (Lipinski definition) is 1. The van der Waals surface area contributed by atoms with Crippen molar-refractivity contribution < 1.29 is 29.1 Å². The molecule has 136 valence electrons. The van der Waals surface area contributed by atoms with Gasteiger partial charge in [-0.05, 0) is 32.9 Å². The molecular formula is C16H20N2O7. The quantitative estimate of drug-likeness (QED) is 0.653. The fourth-order valence-electron chi connectivity index (χ4n) is 2.39. The first-order valence-electron chi connectivity index (χ1n) is 7.73. The van der Waals surface area contributed by atoms with Crippen LogP contribution in [0.2, 0.25) is 0 Å². The predicted molar refractivity (Wildman–Crippen MR) is 86.9 cm³/mol. The number of nitrogens with zero attached hydrogens (tertiary/aromatic N) is 2. The number of carbonyl (C=O) groups excluding carboxylic acids is 1. The highest BCUT2D eigenvalue weighted by Crippen LogP contribution is 2.30. The first-order valence-corrected chi connectivity index (χ1v) is 7.73. The molecule has 9 heteroatoms. The third kappa shape index (κ3) is 4.82. The van der Waals surface area contributed by atoms with Crippen LogP contribution >= 0.6 is 0 Å². The standard InChI is InChI=1S/C16H20N2O7/c1-16(2,3)25-15(21)17-7-6-11(9-17)24-13-5-4-10(14(19)20)8-12(13)18(22)23/h4-5,8,11H,6-7,9H2,1-3H3,(H,19,20). The van der Waals surface area contributed by atoms with Crippen molar-refractivity contribution in [2.45, 2.75) is 38.9 Å². The molecule has 1 aromatic carbocycles. The summed E-state index contributed by atoms with van der Waals surface area (Å²) >= 11 is 0. The molecule has 1 aliphatic rings. The van der Waals surface area contributed by atoms with Crippen molar-refractivity contribution in [3.8, 4) is 5.75 Å². The number of benzene rings is 1. The minimum absolute atomic E-state index is 0.0222. The molecule has 1 saturated heterocycles. The largest absolute Gasteiger partial charge is 0.482 e. The van der Waals surface area contributed by atoms with Crippen LogP contribution in [0, 0.1) is 10.1 Å². The summed E-state index contributed by atoms with van der Waals surface area (Å²) in [7, 11) is 0. The van der Waals surface area contributed by atoms with Gasteiger partial charge in [0.15, 0.2) is 5.75 Å². The van der Waals surface area contributed by atoms with E-state index in [-0.39, 0.29) is 17.9 Å². The van der Waals surface area contributed by atoms with Crippen LogP contribution in [0.3, 0.4) is 0 Å². The number of carbonyl (C=O) groups is 2. The zero-order chi connectivity index (χ0) is 18.8. The Balaban J connectivity index is 2.07. The number of nitro groups is 1. The monoisotopic (exact) mass is 352 g/mol. The molecule has 1 aliphatic heterocycles. The van der Waals surface area contributed by atoms with Crippen LogP contribution in [0.5, 0.6) is 5.75 Å². The number of nitro benzene ring substituents is 1. The number of carboxylic acid groups (broad SMARTS) is 1.